The van der Waals surface area contributed by atoms with Crippen molar-refractivity contribution in [3.63, 3.8) is 0 Å². The van der Waals surface area contributed by atoms with Crippen LogP contribution >= 0.6 is 0 Å². The molecule has 0 amide bonds. The average molecular weight is 195 g/mol. The van der Waals surface area contributed by atoms with Gasteiger partial charge in [-0.3, -0.25) is 9.98 Å². The Morgan fingerprint density at radius 2 is 2.29 bits per heavy atom. The molecule has 1 rings (SSSR count). The van der Waals surface area contributed by atoms with Crippen LogP contribution in [0.25, 0.3) is 0 Å². The number of aliphatic imine (C=N–C) groups is 2. The van der Waals surface area contributed by atoms with Crippen molar-refractivity contribution in [1.82, 2.24) is 5.32 Å². The number of rotatable bonds is 4. The van der Waals surface area contributed by atoms with Gasteiger partial charge in [0, 0.05) is 19.0 Å². The molecule has 0 spiro atoms. The predicted molar refractivity (Wildman–Crippen MR) is 59.1 cm³/mol. The summed E-state index contributed by atoms with van der Waals surface area (Å²) in [7, 11) is 0. The van der Waals surface area contributed by atoms with Gasteiger partial charge in [0.1, 0.15) is 0 Å². The fraction of sp³-hybridized carbons (Fsp3) is 0.556. The highest BCUT2D eigenvalue weighted by Crippen LogP contribution is 2.22. The molecule has 1 fully saturated rings. The average Bonchev–Trinajstić information content (AvgIpc) is 2.96. The Labute approximate surface area is 84.0 Å². The number of hydrogen-bond donors (Lipinski definition) is 3. The summed E-state index contributed by atoms with van der Waals surface area (Å²) < 4.78 is 0. The highest BCUT2D eigenvalue weighted by atomic mass is 15.1. The Morgan fingerprint density at radius 3 is 2.79 bits per heavy atom. The van der Waals surface area contributed by atoms with Gasteiger partial charge in [-0.25, -0.2) is 0 Å². The van der Waals surface area contributed by atoms with Crippen molar-refractivity contribution in [2.24, 2.45) is 21.5 Å². The molecule has 0 unspecified atom stereocenters. The molecule has 0 saturated heterocycles. The van der Waals surface area contributed by atoms with Gasteiger partial charge in [-0.1, -0.05) is 0 Å². The van der Waals surface area contributed by atoms with Crippen LogP contribution < -0.4 is 16.8 Å². The first-order valence-corrected chi connectivity index (χ1v) is 4.78. The van der Waals surface area contributed by atoms with E-state index < -0.39 is 0 Å². The molecule has 0 bridgehead atoms. The molecule has 0 atom stereocenters. The van der Waals surface area contributed by atoms with E-state index >= 15 is 0 Å². The van der Waals surface area contributed by atoms with E-state index in [-0.39, 0.29) is 0 Å². The first-order chi connectivity index (χ1) is 6.76. The van der Waals surface area contributed by atoms with Crippen molar-refractivity contribution in [3.05, 3.63) is 11.9 Å². The van der Waals surface area contributed by atoms with Gasteiger partial charge >= 0.3 is 0 Å². The summed E-state index contributed by atoms with van der Waals surface area (Å²) >= 11 is 0. The number of nitrogens with one attached hydrogen (secondary N) is 1. The maximum Gasteiger partial charge on any atom is 0.193 e. The van der Waals surface area contributed by atoms with E-state index in [1.165, 1.54) is 19.0 Å². The topological polar surface area (TPSA) is 88.8 Å². The van der Waals surface area contributed by atoms with Crippen LogP contribution in [0.4, 0.5) is 0 Å². The quantitative estimate of drug-likeness (QED) is 0.434. The van der Waals surface area contributed by atoms with Crippen LogP contribution in [0.2, 0.25) is 0 Å². The van der Waals surface area contributed by atoms with Crippen molar-refractivity contribution >= 4 is 12.2 Å². The Kier molecular flexibility index (Phi) is 3.97. The van der Waals surface area contributed by atoms with Gasteiger partial charge in [-0.05, 0) is 19.8 Å². The Bertz CT molecular complexity index is 262. The number of allylic oxidation sites excluding steroid dienone is 1. The van der Waals surface area contributed by atoms with Gasteiger partial charge in [-0.15, -0.1) is 0 Å². The highest BCUT2D eigenvalue weighted by molar-refractivity contribution is 5.88. The zero-order valence-corrected chi connectivity index (χ0v) is 8.40. The summed E-state index contributed by atoms with van der Waals surface area (Å²) in [6.45, 7) is 2.56. The molecule has 1 aliphatic carbocycles. The van der Waals surface area contributed by atoms with E-state index in [2.05, 4.69) is 15.3 Å². The molecule has 1 saturated carbocycles. The zero-order chi connectivity index (χ0) is 10.4. The summed E-state index contributed by atoms with van der Waals surface area (Å²) in [6.07, 6.45) is 5.49. The third-order valence-electron chi connectivity index (χ3n) is 1.75. The first-order valence-electron chi connectivity index (χ1n) is 4.78. The molecular formula is C9H17N5. The third kappa shape index (κ3) is 3.93. The number of nitrogens with zero attached hydrogens (tertiary/aromatic N) is 2. The largest absolute Gasteiger partial charge is 0.403 e. The van der Waals surface area contributed by atoms with Crippen LogP contribution in [0, 0.1) is 0 Å². The molecule has 5 N–H and O–H groups in total. The number of nitrogens with two attached hydrogens (primary N) is 2. The van der Waals surface area contributed by atoms with E-state index in [0.717, 1.165) is 0 Å². The van der Waals surface area contributed by atoms with Gasteiger partial charge in [0.2, 0.25) is 0 Å². The lowest BCUT2D eigenvalue weighted by Gasteiger charge is -2.04. The van der Waals surface area contributed by atoms with Crippen molar-refractivity contribution in [2.75, 3.05) is 6.54 Å². The molecule has 0 heterocycles. The van der Waals surface area contributed by atoms with Crippen molar-refractivity contribution < 1.29 is 0 Å². The predicted octanol–water partition coefficient (Wildman–Crippen LogP) is -0.0561. The van der Waals surface area contributed by atoms with Crippen LogP contribution in [0.1, 0.15) is 19.8 Å². The summed E-state index contributed by atoms with van der Waals surface area (Å²) in [5.41, 5.74) is 11.6. The normalized spacial score (nSPS) is 18.9. The van der Waals surface area contributed by atoms with Crippen LogP contribution in [0.15, 0.2) is 21.9 Å². The van der Waals surface area contributed by atoms with Crippen molar-refractivity contribution in [2.45, 2.75) is 25.8 Å². The molecule has 5 nitrogen and oxygen atoms in total. The van der Waals surface area contributed by atoms with E-state index in [1.807, 2.05) is 6.92 Å². The van der Waals surface area contributed by atoms with Gasteiger partial charge in [-0.2, -0.15) is 0 Å². The summed E-state index contributed by atoms with van der Waals surface area (Å²) in [4.78, 5) is 8.25. The minimum atomic E-state index is 0.367. The van der Waals surface area contributed by atoms with E-state index in [1.54, 1.807) is 6.21 Å². The second-order valence-corrected chi connectivity index (χ2v) is 3.12. The lowest BCUT2D eigenvalue weighted by Crippen LogP contribution is -2.32. The van der Waals surface area contributed by atoms with Crippen molar-refractivity contribution in [3.8, 4) is 0 Å². The monoisotopic (exact) mass is 195 g/mol. The Hall–Kier alpha value is -1.52. The van der Waals surface area contributed by atoms with E-state index in [9.17, 15) is 0 Å². The number of hydrogen-bond acceptors (Lipinski definition) is 3. The van der Waals surface area contributed by atoms with Gasteiger partial charge in [0.15, 0.2) is 5.96 Å². The molecule has 78 valence electrons. The molecule has 14 heavy (non-hydrogen) atoms. The van der Waals surface area contributed by atoms with E-state index in [0.29, 0.717) is 24.2 Å². The van der Waals surface area contributed by atoms with Gasteiger partial charge in [0.25, 0.3) is 0 Å². The third-order valence-corrected chi connectivity index (χ3v) is 1.75. The number of guanidine groups is 1. The summed E-state index contributed by atoms with van der Waals surface area (Å²) in [5, 5.41) is 2.87. The molecule has 1 aliphatic rings. The zero-order valence-electron chi connectivity index (χ0n) is 8.40. The fourth-order valence-corrected chi connectivity index (χ4v) is 0.884. The van der Waals surface area contributed by atoms with E-state index in [4.69, 9.17) is 11.5 Å². The second-order valence-electron chi connectivity index (χ2n) is 3.12. The first kappa shape index (κ1) is 10.6. The standard InChI is InChI=1S/C9H17N5/c1-2-12-9(11)14-8(5-10)6-13-7-3-4-7/h5-7H,2-4,10H2,1H3,(H3,11,12,14). The second kappa shape index (κ2) is 5.26. The summed E-state index contributed by atoms with van der Waals surface area (Å²) in [5.74, 6) is 0.367. The minimum Gasteiger partial charge on any atom is -0.403 e. The maximum absolute atomic E-state index is 5.56. The lowest BCUT2D eigenvalue weighted by atomic mass is 10.5. The smallest absolute Gasteiger partial charge is 0.193 e. The highest BCUT2D eigenvalue weighted by Gasteiger charge is 2.18. The molecule has 0 aromatic heterocycles. The van der Waals surface area contributed by atoms with Crippen molar-refractivity contribution in [1.29, 1.82) is 0 Å². The maximum atomic E-state index is 5.56. The van der Waals surface area contributed by atoms with Crippen LogP contribution in [-0.2, 0) is 0 Å². The lowest BCUT2D eigenvalue weighted by molar-refractivity contribution is 1.04. The SMILES string of the molecule is CCN=C(N)NC(C=NC1CC1)=CN. The molecule has 0 aromatic carbocycles. The van der Waals surface area contributed by atoms with Crippen LogP contribution in [0.3, 0.4) is 0 Å². The minimum absolute atomic E-state index is 0.367. The molecule has 5 heteroatoms. The molecule has 0 aliphatic heterocycles. The van der Waals surface area contributed by atoms with Gasteiger partial charge < -0.3 is 16.8 Å². The van der Waals surface area contributed by atoms with Gasteiger partial charge in [0.05, 0.1) is 11.7 Å². The summed E-state index contributed by atoms with van der Waals surface area (Å²) in [6, 6.07) is 0.482. The Balaban J connectivity index is 2.42. The van der Waals surface area contributed by atoms with Crippen LogP contribution in [-0.4, -0.2) is 24.8 Å². The molecule has 0 radical (unpaired) electrons. The van der Waals surface area contributed by atoms with Crippen LogP contribution in [0.5, 0.6) is 0 Å². The Morgan fingerprint density at radius 1 is 1.57 bits per heavy atom. The fourth-order valence-electron chi connectivity index (χ4n) is 0.884. The molecule has 0 aromatic rings. The molecular weight excluding hydrogens is 178 g/mol.